The zero-order chi connectivity index (χ0) is 13.2. The van der Waals surface area contributed by atoms with Crippen molar-refractivity contribution in [3.05, 3.63) is 18.2 Å². The number of halogens is 3. The Morgan fingerprint density at radius 3 is 2.83 bits per heavy atom. The Hall–Kier alpha value is -1.37. The number of nitrogens with two attached hydrogens (primary N) is 1. The molecule has 0 saturated carbocycles. The number of nitrogen functional groups attached to an aromatic ring is 1. The van der Waals surface area contributed by atoms with Gasteiger partial charge in [-0.1, -0.05) is 11.8 Å². The van der Waals surface area contributed by atoms with Crippen LogP contribution >= 0.6 is 11.8 Å². The number of fused-ring (bicyclic) bond motifs is 1. The fourth-order valence-electron chi connectivity index (χ4n) is 1.41. The quantitative estimate of drug-likeness (QED) is 0.523. The fourth-order valence-corrected chi connectivity index (χ4v) is 2.19. The summed E-state index contributed by atoms with van der Waals surface area (Å²) in [5.41, 5.74) is 7.35. The molecule has 0 unspecified atom stereocenters. The monoisotopic (exact) mass is 276 g/mol. The van der Waals surface area contributed by atoms with Crippen LogP contribution in [0.3, 0.4) is 0 Å². The molecule has 0 atom stereocenters. The van der Waals surface area contributed by atoms with Gasteiger partial charge in [0.1, 0.15) is 5.52 Å². The summed E-state index contributed by atoms with van der Waals surface area (Å²) in [6.45, 7) is 0. The molecule has 0 radical (unpaired) electrons. The molecule has 3 nitrogen and oxygen atoms in total. The lowest BCUT2D eigenvalue weighted by atomic mass is 10.3. The number of alkyl halides is 3. The van der Waals surface area contributed by atoms with Crippen LogP contribution in [0.5, 0.6) is 0 Å². The highest BCUT2D eigenvalue weighted by Gasteiger charge is 2.26. The van der Waals surface area contributed by atoms with E-state index in [9.17, 15) is 13.2 Å². The zero-order valence-corrected chi connectivity index (χ0v) is 10.1. The molecule has 7 heteroatoms. The number of oxazole rings is 1. The number of hydrogen-bond donors (Lipinski definition) is 1. The molecule has 1 heterocycles. The summed E-state index contributed by atoms with van der Waals surface area (Å²) in [6, 6.07) is 5.05. The Morgan fingerprint density at radius 1 is 1.33 bits per heavy atom. The van der Waals surface area contributed by atoms with E-state index in [2.05, 4.69) is 4.98 Å². The van der Waals surface area contributed by atoms with E-state index in [4.69, 9.17) is 10.2 Å². The molecule has 0 saturated heterocycles. The van der Waals surface area contributed by atoms with Crippen molar-refractivity contribution in [2.75, 3.05) is 11.5 Å². The number of benzene rings is 1. The van der Waals surface area contributed by atoms with Crippen molar-refractivity contribution in [1.82, 2.24) is 4.98 Å². The van der Waals surface area contributed by atoms with E-state index < -0.39 is 12.6 Å². The molecule has 0 aliphatic rings. The average molecular weight is 276 g/mol. The van der Waals surface area contributed by atoms with Gasteiger partial charge in [0.25, 0.3) is 5.22 Å². The standard InChI is InChI=1S/C11H11F3N2OS/c12-11(13,14)4-1-5-18-10-16-8-3-2-7(15)6-9(8)17-10/h2-3,6H,1,4-5,15H2. The van der Waals surface area contributed by atoms with Crippen molar-refractivity contribution in [1.29, 1.82) is 0 Å². The molecule has 2 rings (SSSR count). The van der Waals surface area contributed by atoms with E-state index in [1.807, 2.05) is 0 Å². The van der Waals surface area contributed by atoms with Crippen LogP contribution < -0.4 is 5.73 Å². The van der Waals surface area contributed by atoms with Crippen LogP contribution in [-0.2, 0) is 0 Å². The maximum atomic E-state index is 11.9. The summed E-state index contributed by atoms with van der Waals surface area (Å²) in [4.78, 5) is 4.15. The van der Waals surface area contributed by atoms with Crippen LogP contribution in [0.1, 0.15) is 12.8 Å². The van der Waals surface area contributed by atoms with E-state index in [1.165, 1.54) is 11.8 Å². The minimum atomic E-state index is -4.10. The lowest BCUT2D eigenvalue weighted by Crippen LogP contribution is -2.06. The third-order valence-electron chi connectivity index (χ3n) is 2.22. The zero-order valence-electron chi connectivity index (χ0n) is 9.33. The molecular formula is C11H11F3N2OS. The Morgan fingerprint density at radius 2 is 2.11 bits per heavy atom. The van der Waals surface area contributed by atoms with Crippen molar-refractivity contribution < 1.29 is 17.6 Å². The van der Waals surface area contributed by atoms with Gasteiger partial charge in [0.15, 0.2) is 5.58 Å². The minimum absolute atomic E-state index is 0.0506. The highest BCUT2D eigenvalue weighted by molar-refractivity contribution is 7.99. The molecule has 98 valence electrons. The number of rotatable bonds is 4. The summed E-state index contributed by atoms with van der Waals surface area (Å²) in [6.07, 6.45) is -4.83. The fraction of sp³-hybridized carbons (Fsp3) is 0.364. The van der Waals surface area contributed by atoms with Crippen molar-refractivity contribution in [3.63, 3.8) is 0 Å². The van der Waals surface area contributed by atoms with E-state index in [-0.39, 0.29) is 6.42 Å². The van der Waals surface area contributed by atoms with Crippen LogP contribution in [0.15, 0.2) is 27.8 Å². The van der Waals surface area contributed by atoms with Crippen molar-refractivity contribution in [3.8, 4) is 0 Å². The van der Waals surface area contributed by atoms with Gasteiger partial charge in [-0.3, -0.25) is 0 Å². The highest BCUT2D eigenvalue weighted by atomic mass is 32.2. The predicted molar refractivity (Wildman–Crippen MR) is 64.4 cm³/mol. The number of hydrogen-bond acceptors (Lipinski definition) is 4. The summed E-state index contributed by atoms with van der Waals surface area (Å²) in [7, 11) is 0. The number of anilines is 1. The van der Waals surface area contributed by atoms with E-state index in [0.29, 0.717) is 27.8 Å². The molecule has 2 N–H and O–H groups in total. The first-order chi connectivity index (χ1) is 8.44. The van der Waals surface area contributed by atoms with Gasteiger partial charge in [-0.25, -0.2) is 4.98 Å². The van der Waals surface area contributed by atoms with Crippen LogP contribution in [-0.4, -0.2) is 16.9 Å². The minimum Gasteiger partial charge on any atom is -0.431 e. The summed E-state index contributed by atoms with van der Waals surface area (Å²) >= 11 is 1.17. The van der Waals surface area contributed by atoms with Crippen LogP contribution in [0.4, 0.5) is 18.9 Å². The Kier molecular flexibility index (Phi) is 3.70. The third-order valence-corrected chi connectivity index (χ3v) is 3.14. The average Bonchev–Trinajstić information content (AvgIpc) is 2.65. The van der Waals surface area contributed by atoms with Gasteiger partial charge in [0, 0.05) is 23.9 Å². The second-order valence-electron chi connectivity index (χ2n) is 3.77. The lowest BCUT2D eigenvalue weighted by Gasteiger charge is -2.03. The second-order valence-corrected chi connectivity index (χ2v) is 4.82. The van der Waals surface area contributed by atoms with Gasteiger partial charge in [-0.2, -0.15) is 13.2 Å². The van der Waals surface area contributed by atoms with Crippen LogP contribution in [0.2, 0.25) is 0 Å². The molecule has 0 amide bonds. The van der Waals surface area contributed by atoms with E-state index in [0.717, 1.165) is 0 Å². The molecule has 0 spiro atoms. The number of thioether (sulfide) groups is 1. The summed E-state index contributed by atoms with van der Waals surface area (Å²) in [5, 5.41) is 0.373. The van der Waals surface area contributed by atoms with Crippen LogP contribution in [0, 0.1) is 0 Å². The number of nitrogens with zero attached hydrogens (tertiary/aromatic N) is 1. The van der Waals surface area contributed by atoms with Crippen LogP contribution in [0.25, 0.3) is 11.1 Å². The van der Waals surface area contributed by atoms with Gasteiger partial charge in [0.2, 0.25) is 0 Å². The highest BCUT2D eigenvalue weighted by Crippen LogP contribution is 2.27. The summed E-state index contributed by atoms with van der Waals surface area (Å²) < 4.78 is 41.2. The smallest absolute Gasteiger partial charge is 0.389 e. The normalized spacial score (nSPS) is 12.2. The molecule has 0 aliphatic carbocycles. The SMILES string of the molecule is Nc1ccc2nc(SCCCC(F)(F)F)oc2c1. The molecule has 2 aromatic rings. The van der Waals surface area contributed by atoms with Gasteiger partial charge in [-0.05, 0) is 18.6 Å². The van der Waals surface area contributed by atoms with Gasteiger partial charge in [0.05, 0.1) is 0 Å². The van der Waals surface area contributed by atoms with Gasteiger partial charge >= 0.3 is 6.18 Å². The predicted octanol–water partition coefficient (Wildman–Crippen LogP) is 3.84. The Labute approximate surface area is 106 Å². The molecule has 1 aromatic heterocycles. The topological polar surface area (TPSA) is 52.0 Å². The van der Waals surface area contributed by atoms with E-state index in [1.54, 1.807) is 18.2 Å². The summed E-state index contributed by atoms with van der Waals surface area (Å²) in [5.74, 6) is 0.321. The Bertz CT molecular complexity index is 539. The van der Waals surface area contributed by atoms with E-state index >= 15 is 0 Å². The largest absolute Gasteiger partial charge is 0.431 e. The molecule has 0 fully saturated rings. The first-order valence-electron chi connectivity index (χ1n) is 5.30. The van der Waals surface area contributed by atoms with Crippen molar-refractivity contribution >= 4 is 28.5 Å². The molecule has 1 aromatic carbocycles. The third kappa shape index (κ3) is 3.56. The van der Waals surface area contributed by atoms with Gasteiger partial charge < -0.3 is 10.2 Å². The first kappa shape index (κ1) is 13.1. The van der Waals surface area contributed by atoms with Crippen molar-refractivity contribution in [2.24, 2.45) is 0 Å². The molecule has 18 heavy (non-hydrogen) atoms. The van der Waals surface area contributed by atoms with Gasteiger partial charge in [-0.15, -0.1) is 0 Å². The maximum Gasteiger partial charge on any atom is 0.389 e. The first-order valence-corrected chi connectivity index (χ1v) is 6.28. The number of aromatic nitrogens is 1. The van der Waals surface area contributed by atoms with Crippen molar-refractivity contribution in [2.45, 2.75) is 24.2 Å². The lowest BCUT2D eigenvalue weighted by molar-refractivity contribution is -0.134. The Balaban J connectivity index is 1.92. The molecule has 0 aliphatic heterocycles. The molecular weight excluding hydrogens is 265 g/mol. The molecule has 0 bridgehead atoms. The maximum absolute atomic E-state index is 11.9. The second kappa shape index (κ2) is 5.09.